The summed E-state index contributed by atoms with van der Waals surface area (Å²) in [7, 11) is 1.46. The molecule has 6 aliphatic rings. The number of nitrogens with zero attached hydrogens (tertiary/aromatic N) is 3. The van der Waals surface area contributed by atoms with Gasteiger partial charge >= 0.3 is 28.3 Å². The summed E-state index contributed by atoms with van der Waals surface area (Å²) < 4.78 is 55.5. The molecule has 3 fully saturated rings. The van der Waals surface area contributed by atoms with Crippen LogP contribution in [0.25, 0.3) is 10.9 Å². The number of hydrogen-bond donors (Lipinski definition) is 5. The Hall–Kier alpha value is -4.56. The van der Waals surface area contributed by atoms with E-state index in [1.165, 1.54) is 21.1 Å². The van der Waals surface area contributed by atoms with Crippen molar-refractivity contribution in [2.75, 3.05) is 66.0 Å². The van der Waals surface area contributed by atoms with Crippen LogP contribution in [-0.4, -0.2) is 151 Å². The Morgan fingerprint density at radius 3 is 2.31 bits per heavy atom. The van der Waals surface area contributed by atoms with Crippen molar-refractivity contribution < 1.29 is 61.1 Å². The normalized spacial score (nSPS) is 35.0. The summed E-state index contributed by atoms with van der Waals surface area (Å²) in [6.07, 6.45) is 4.91. The van der Waals surface area contributed by atoms with Crippen molar-refractivity contribution >= 4 is 44.9 Å². The summed E-state index contributed by atoms with van der Waals surface area (Å²) in [4.78, 5) is 53.2. The van der Waals surface area contributed by atoms with E-state index in [2.05, 4.69) is 39.9 Å². The smallest absolute Gasteiger partial charge is 0.394 e. The topological polar surface area (TPSA) is 229 Å². The lowest BCUT2D eigenvalue weighted by Crippen LogP contribution is -2.81. The molecule has 64 heavy (non-hydrogen) atoms. The molecular weight excluding hydrogens is 849 g/mol. The number of para-hydroxylation sites is 1. The number of benzene rings is 2. The Kier molecular flexibility index (Phi) is 11.8. The minimum Gasteiger partial charge on any atom is -0.496 e. The number of fused-ring (bicyclic) bond motifs is 6. The molecule has 1 aliphatic carbocycles. The van der Waals surface area contributed by atoms with Gasteiger partial charge in [-0.3, -0.25) is 23.6 Å². The number of likely N-dealkylation sites (N-methyl/N-ethyl adjacent to an activating group) is 1. The number of carbonyl (C=O) groups is 3. The number of aliphatic hydroxyl groups is 2. The lowest BCUT2D eigenvalue weighted by molar-refractivity contribution is -0.228. The molecule has 18 heteroatoms. The summed E-state index contributed by atoms with van der Waals surface area (Å²) in [5.74, 6) is -1.78. The second kappa shape index (κ2) is 16.4. The number of nitrogens with one attached hydrogen (secondary N) is 1. The van der Waals surface area contributed by atoms with Gasteiger partial charge in [-0.25, -0.2) is 4.79 Å². The van der Waals surface area contributed by atoms with Gasteiger partial charge in [-0.2, -0.15) is 8.42 Å². The van der Waals surface area contributed by atoms with Crippen LogP contribution in [-0.2, 0) is 56.2 Å². The second-order valence-electron chi connectivity index (χ2n) is 18.4. The third-order valence-corrected chi connectivity index (χ3v) is 15.7. The molecule has 5 N–H and O–H groups in total. The monoisotopic (exact) mass is 908 g/mol. The van der Waals surface area contributed by atoms with Gasteiger partial charge in [0.05, 0.1) is 33.5 Å². The Morgan fingerprint density at radius 2 is 1.67 bits per heavy atom. The lowest BCUT2D eigenvalue weighted by Gasteiger charge is -2.63. The van der Waals surface area contributed by atoms with Crippen LogP contribution >= 0.6 is 0 Å². The van der Waals surface area contributed by atoms with Gasteiger partial charge in [-0.15, -0.1) is 0 Å². The van der Waals surface area contributed by atoms with Gasteiger partial charge in [-0.05, 0) is 73.7 Å². The highest BCUT2D eigenvalue weighted by Gasteiger charge is 2.80. The fraction of sp³-hybridized carbons (Fsp3) is 0.587. The maximum Gasteiger partial charge on any atom is 0.394 e. The third-order valence-electron chi connectivity index (χ3n) is 15.7. The van der Waals surface area contributed by atoms with Gasteiger partial charge in [0.25, 0.3) is 0 Å². The van der Waals surface area contributed by atoms with Gasteiger partial charge in [-0.1, -0.05) is 44.2 Å². The van der Waals surface area contributed by atoms with Crippen molar-refractivity contribution in [2.24, 2.45) is 17.3 Å². The summed E-state index contributed by atoms with van der Waals surface area (Å²) >= 11 is 0. The Labute approximate surface area is 373 Å². The molecule has 2 aromatic carbocycles. The van der Waals surface area contributed by atoms with Crippen LogP contribution in [0.3, 0.4) is 0 Å². The van der Waals surface area contributed by atoms with E-state index >= 15 is 4.79 Å². The van der Waals surface area contributed by atoms with Crippen LogP contribution in [0.5, 0.6) is 5.75 Å². The minimum atomic E-state index is -4.67. The van der Waals surface area contributed by atoms with Crippen LogP contribution in [0.2, 0.25) is 0 Å². The van der Waals surface area contributed by atoms with Gasteiger partial charge in [0.15, 0.2) is 6.10 Å². The van der Waals surface area contributed by atoms with E-state index in [9.17, 15) is 19.8 Å². The number of hydrogen-bond acceptors (Lipinski definition) is 14. The number of H-pyrrole nitrogens is 1. The van der Waals surface area contributed by atoms with Crippen molar-refractivity contribution in [3.05, 3.63) is 70.9 Å². The van der Waals surface area contributed by atoms with E-state index in [1.54, 1.807) is 7.11 Å². The SMILES string of the molecule is CC[C@@H]1CN2CCc3c([nH]c4ccccc34)[C@@](C(=O)OC)(c3cc4c(cc3OC)N(C)[C@H]3[C@@](O)(C(=O)OC)[C@H](OC(C)=O)[C@]5(CC)C=CCN6CC[C@]43[C@@H]65)C[C@H](C2)[C@H]1O.O=S(=O)(O)O. The van der Waals surface area contributed by atoms with E-state index < -0.39 is 68.4 Å². The second-order valence-corrected chi connectivity index (χ2v) is 19.3. The molecular formula is C46H60N4O13S. The highest BCUT2D eigenvalue weighted by atomic mass is 32.3. The van der Waals surface area contributed by atoms with Crippen molar-refractivity contribution in [1.82, 2.24) is 14.8 Å². The van der Waals surface area contributed by atoms with Gasteiger partial charge < -0.3 is 43.9 Å². The molecule has 0 amide bonds. The predicted octanol–water partition coefficient (Wildman–Crippen LogP) is 3.19. The number of esters is 3. The zero-order valence-electron chi connectivity index (χ0n) is 37.4. The molecule has 2 bridgehead atoms. The fourth-order valence-corrected chi connectivity index (χ4v) is 13.5. The Balaban J connectivity index is 0.00000106. The fourth-order valence-electron chi connectivity index (χ4n) is 13.5. The average Bonchev–Trinajstić information content (AvgIpc) is 3.93. The van der Waals surface area contributed by atoms with Crippen LogP contribution in [0.15, 0.2) is 48.6 Å². The average molecular weight is 909 g/mol. The van der Waals surface area contributed by atoms with Crippen molar-refractivity contribution in [2.45, 2.75) is 93.6 Å². The standard InChI is InChI=1S/C46H58N4O9.H2O4S/c1-8-27-24-49-19-15-30-29-13-10-11-14-33(29)47-37(30)45(41(53)57-6,23-28(25-49)36(27)52)32-21-31-34(22-35(32)56-5)48(4)39-44(31)17-20-50-18-12-16-43(9-2,38(44)50)40(59-26(3)51)46(39,55)42(54)58-7;1-5(2,3)4/h10-14,16,21-22,27-28,36,38-40,47,52,55H,8-9,15,17-20,23-25H2,1-7H3;(H2,1,2,3,4)/t27-,28-,36+,38+,39-,40-,43-,44-,45+,46+;/m1./s1. The van der Waals surface area contributed by atoms with E-state index in [0.29, 0.717) is 50.2 Å². The number of piperidine rings is 1. The molecule has 0 radical (unpaired) electrons. The molecule has 5 aliphatic heterocycles. The molecule has 348 valence electrons. The number of aliphatic hydroxyl groups excluding tert-OH is 1. The predicted molar refractivity (Wildman–Crippen MR) is 235 cm³/mol. The highest BCUT2D eigenvalue weighted by Crippen LogP contribution is 2.68. The number of ether oxygens (including phenoxy) is 4. The zero-order valence-corrected chi connectivity index (χ0v) is 38.2. The quantitative estimate of drug-likeness (QED) is 0.0993. The van der Waals surface area contributed by atoms with Crippen LogP contribution < -0.4 is 9.64 Å². The maximum absolute atomic E-state index is 15.3. The van der Waals surface area contributed by atoms with Gasteiger partial charge in [0, 0.05) is 90.9 Å². The van der Waals surface area contributed by atoms with Crippen molar-refractivity contribution in [3.63, 3.8) is 0 Å². The molecule has 6 heterocycles. The minimum absolute atomic E-state index is 0.0295. The maximum atomic E-state index is 15.3. The van der Waals surface area contributed by atoms with E-state index in [4.69, 9.17) is 36.5 Å². The Bertz CT molecular complexity index is 2490. The molecule has 17 nitrogen and oxygen atoms in total. The van der Waals surface area contributed by atoms with E-state index in [1.807, 2.05) is 49.2 Å². The highest BCUT2D eigenvalue weighted by molar-refractivity contribution is 7.79. The Morgan fingerprint density at radius 1 is 0.969 bits per heavy atom. The molecule has 11 atom stereocenters. The van der Waals surface area contributed by atoms with Crippen molar-refractivity contribution in [3.8, 4) is 5.75 Å². The molecule has 9 rings (SSSR count). The first-order valence-electron chi connectivity index (χ1n) is 22.0. The molecule has 1 unspecified atom stereocenters. The van der Waals surface area contributed by atoms with E-state index in [0.717, 1.165) is 52.9 Å². The molecule has 1 saturated carbocycles. The zero-order chi connectivity index (χ0) is 46.3. The summed E-state index contributed by atoms with van der Waals surface area (Å²) in [6, 6.07) is 10.9. The third kappa shape index (κ3) is 6.61. The largest absolute Gasteiger partial charge is 0.496 e. The van der Waals surface area contributed by atoms with Crippen LogP contribution in [0.1, 0.15) is 68.8 Å². The van der Waals surface area contributed by atoms with Crippen molar-refractivity contribution in [1.29, 1.82) is 0 Å². The molecule has 2 saturated heterocycles. The molecule has 1 spiro atoms. The molecule has 3 aromatic rings. The van der Waals surface area contributed by atoms with Crippen LogP contribution in [0, 0.1) is 17.3 Å². The number of carbonyl (C=O) groups excluding carboxylic acids is 3. The van der Waals surface area contributed by atoms with Gasteiger partial charge in [0.1, 0.15) is 11.2 Å². The summed E-state index contributed by atoms with van der Waals surface area (Å²) in [5.41, 5.74) is -0.857. The first-order valence-corrected chi connectivity index (χ1v) is 23.4. The number of aromatic nitrogens is 1. The first-order chi connectivity index (χ1) is 30.3. The number of rotatable bonds is 7. The molecule has 1 aromatic heterocycles. The van der Waals surface area contributed by atoms with Crippen LogP contribution in [0.4, 0.5) is 5.69 Å². The lowest BCUT2D eigenvalue weighted by atomic mass is 9.47. The van der Waals surface area contributed by atoms with Gasteiger partial charge in [0.2, 0.25) is 5.60 Å². The number of methoxy groups -OCH3 is 3. The number of anilines is 1. The number of aromatic amines is 1. The summed E-state index contributed by atoms with van der Waals surface area (Å²) in [6.45, 7) is 8.89. The first kappa shape index (κ1) is 46.0. The van der Waals surface area contributed by atoms with E-state index in [-0.39, 0.29) is 24.3 Å². The summed E-state index contributed by atoms with van der Waals surface area (Å²) in [5, 5.41) is 26.5.